The fourth-order valence-electron chi connectivity index (χ4n) is 2.24. The Balaban J connectivity index is 2.43. The van der Waals surface area contributed by atoms with Gasteiger partial charge in [0.25, 0.3) is 0 Å². The summed E-state index contributed by atoms with van der Waals surface area (Å²) < 4.78 is 31.8. The fraction of sp³-hybridized carbons (Fsp3) is 0.538. The number of hydrogen-bond acceptors (Lipinski definition) is 3. The maximum Gasteiger partial charge on any atom is 0.246 e. The molecule has 1 atom stereocenters. The Bertz CT molecular complexity index is 539. The van der Waals surface area contributed by atoms with Crippen LogP contribution >= 0.6 is 0 Å². The van der Waals surface area contributed by atoms with Crippen LogP contribution in [0, 0.1) is 12.8 Å². The van der Waals surface area contributed by atoms with Gasteiger partial charge in [-0.05, 0) is 37.0 Å². The second kappa shape index (κ2) is 4.90. The summed E-state index contributed by atoms with van der Waals surface area (Å²) in [5.41, 5.74) is 0.918. The summed E-state index contributed by atoms with van der Waals surface area (Å²) in [4.78, 5) is 0.277. The van der Waals surface area contributed by atoms with Crippen molar-refractivity contribution in [1.29, 1.82) is 0 Å². The molecule has 1 aromatic carbocycles. The van der Waals surface area contributed by atoms with Gasteiger partial charge in [0.1, 0.15) is 10.6 Å². The van der Waals surface area contributed by atoms with Crippen molar-refractivity contribution in [1.82, 2.24) is 4.31 Å². The van der Waals surface area contributed by atoms with E-state index in [9.17, 15) is 8.42 Å². The van der Waals surface area contributed by atoms with E-state index in [4.69, 9.17) is 4.74 Å². The zero-order valence-electron chi connectivity index (χ0n) is 11.0. The second-order valence-electron chi connectivity index (χ2n) is 4.91. The Labute approximate surface area is 109 Å². The van der Waals surface area contributed by atoms with Crippen LogP contribution in [0.25, 0.3) is 0 Å². The van der Waals surface area contributed by atoms with Gasteiger partial charge in [0.2, 0.25) is 10.0 Å². The second-order valence-corrected chi connectivity index (χ2v) is 6.82. The average molecular weight is 269 g/mol. The van der Waals surface area contributed by atoms with Gasteiger partial charge >= 0.3 is 0 Å². The summed E-state index contributed by atoms with van der Waals surface area (Å²) in [7, 11) is -1.93. The molecule has 0 amide bonds. The largest absolute Gasteiger partial charge is 0.495 e. The lowest BCUT2D eigenvalue weighted by atomic mass is 10.2. The number of benzene rings is 1. The molecule has 1 unspecified atom stereocenters. The van der Waals surface area contributed by atoms with Gasteiger partial charge in [-0.3, -0.25) is 0 Å². The molecule has 0 aliphatic carbocycles. The Kier molecular flexibility index (Phi) is 3.64. The highest BCUT2D eigenvalue weighted by Crippen LogP contribution is 2.30. The third-order valence-corrected chi connectivity index (χ3v) is 5.21. The molecular formula is C13H19NO3S. The van der Waals surface area contributed by atoms with Crippen LogP contribution in [0.5, 0.6) is 5.75 Å². The highest BCUT2D eigenvalue weighted by atomic mass is 32.2. The molecular weight excluding hydrogens is 250 g/mol. The highest BCUT2D eigenvalue weighted by molar-refractivity contribution is 7.89. The molecule has 1 fully saturated rings. The first-order valence-corrected chi connectivity index (χ1v) is 7.54. The highest BCUT2D eigenvalue weighted by Gasteiger charge is 2.32. The molecule has 1 heterocycles. The lowest BCUT2D eigenvalue weighted by Crippen LogP contribution is -2.29. The number of methoxy groups -OCH3 is 1. The van der Waals surface area contributed by atoms with Gasteiger partial charge in [-0.2, -0.15) is 4.31 Å². The number of ether oxygens (including phenoxy) is 1. The van der Waals surface area contributed by atoms with Gasteiger partial charge < -0.3 is 4.74 Å². The predicted octanol–water partition coefficient (Wildman–Crippen LogP) is 2.03. The third kappa shape index (κ3) is 2.37. The minimum Gasteiger partial charge on any atom is -0.495 e. The molecule has 0 aromatic heterocycles. The van der Waals surface area contributed by atoms with E-state index in [1.54, 1.807) is 16.4 Å². The van der Waals surface area contributed by atoms with Crippen LogP contribution in [-0.2, 0) is 10.0 Å². The number of aryl methyl sites for hydroxylation is 1. The molecule has 0 N–H and O–H groups in total. The molecule has 1 aliphatic rings. The van der Waals surface area contributed by atoms with Crippen LogP contribution in [0.3, 0.4) is 0 Å². The molecule has 0 spiro atoms. The van der Waals surface area contributed by atoms with Crippen LogP contribution in [0.2, 0.25) is 0 Å². The van der Waals surface area contributed by atoms with E-state index in [-0.39, 0.29) is 4.90 Å². The molecule has 0 radical (unpaired) electrons. The number of hydrogen-bond donors (Lipinski definition) is 0. The van der Waals surface area contributed by atoms with Gasteiger partial charge in [0.15, 0.2) is 0 Å². The van der Waals surface area contributed by atoms with E-state index < -0.39 is 10.0 Å². The van der Waals surface area contributed by atoms with Crippen molar-refractivity contribution < 1.29 is 13.2 Å². The van der Waals surface area contributed by atoms with Crippen LogP contribution in [0.4, 0.5) is 0 Å². The van der Waals surface area contributed by atoms with Gasteiger partial charge in [0, 0.05) is 13.1 Å². The van der Waals surface area contributed by atoms with Crippen LogP contribution in [0.1, 0.15) is 18.9 Å². The Morgan fingerprint density at radius 3 is 2.67 bits per heavy atom. The monoisotopic (exact) mass is 269 g/mol. The van der Waals surface area contributed by atoms with Crippen LogP contribution in [-0.4, -0.2) is 32.9 Å². The first-order valence-electron chi connectivity index (χ1n) is 6.10. The van der Waals surface area contributed by atoms with E-state index in [2.05, 4.69) is 6.92 Å². The van der Waals surface area contributed by atoms with Gasteiger partial charge in [0.05, 0.1) is 7.11 Å². The van der Waals surface area contributed by atoms with Crippen molar-refractivity contribution in [3.63, 3.8) is 0 Å². The molecule has 1 aliphatic heterocycles. The van der Waals surface area contributed by atoms with E-state index in [0.29, 0.717) is 24.8 Å². The standard InChI is InChI=1S/C13H19NO3S/c1-10-4-5-12(17-3)13(8-10)18(15,16)14-7-6-11(2)9-14/h4-5,8,11H,6-7,9H2,1-3H3. The third-order valence-electron chi connectivity index (χ3n) is 3.32. The number of rotatable bonds is 3. The van der Waals surface area contributed by atoms with Crippen LogP contribution < -0.4 is 4.74 Å². The SMILES string of the molecule is COc1ccc(C)cc1S(=O)(=O)N1CCC(C)C1. The minimum absolute atomic E-state index is 0.277. The molecule has 100 valence electrons. The Hall–Kier alpha value is -1.07. The molecule has 0 saturated carbocycles. The molecule has 5 heteroatoms. The smallest absolute Gasteiger partial charge is 0.246 e. The zero-order chi connectivity index (χ0) is 13.3. The lowest BCUT2D eigenvalue weighted by Gasteiger charge is -2.18. The van der Waals surface area contributed by atoms with E-state index >= 15 is 0 Å². The number of sulfonamides is 1. The first kappa shape index (κ1) is 13.4. The quantitative estimate of drug-likeness (QED) is 0.843. The summed E-state index contributed by atoms with van der Waals surface area (Å²) in [6, 6.07) is 5.24. The van der Waals surface area contributed by atoms with Crippen molar-refractivity contribution in [3.8, 4) is 5.75 Å². The maximum atomic E-state index is 12.6. The Morgan fingerprint density at radius 1 is 1.39 bits per heavy atom. The summed E-state index contributed by atoms with van der Waals surface area (Å²) in [6.07, 6.45) is 0.924. The van der Waals surface area contributed by atoms with E-state index in [0.717, 1.165) is 12.0 Å². The fourth-order valence-corrected chi connectivity index (χ4v) is 4.05. The molecule has 1 aromatic rings. The maximum absolute atomic E-state index is 12.6. The van der Waals surface area contributed by atoms with E-state index in [1.165, 1.54) is 7.11 Å². The van der Waals surface area contributed by atoms with E-state index in [1.807, 2.05) is 13.0 Å². The Morgan fingerprint density at radius 2 is 2.11 bits per heavy atom. The van der Waals surface area contributed by atoms with Crippen molar-refractivity contribution in [2.75, 3.05) is 20.2 Å². The summed E-state index contributed by atoms with van der Waals surface area (Å²) >= 11 is 0. The normalized spacial score (nSPS) is 21.2. The molecule has 1 saturated heterocycles. The molecule has 0 bridgehead atoms. The predicted molar refractivity (Wildman–Crippen MR) is 70.3 cm³/mol. The van der Waals surface area contributed by atoms with Gasteiger partial charge in [-0.1, -0.05) is 13.0 Å². The topological polar surface area (TPSA) is 46.6 Å². The van der Waals surface area contributed by atoms with Crippen molar-refractivity contribution in [2.24, 2.45) is 5.92 Å². The van der Waals surface area contributed by atoms with Crippen LogP contribution in [0.15, 0.2) is 23.1 Å². The van der Waals surface area contributed by atoms with Crippen molar-refractivity contribution in [3.05, 3.63) is 23.8 Å². The van der Waals surface area contributed by atoms with Crippen molar-refractivity contribution >= 4 is 10.0 Å². The van der Waals surface area contributed by atoms with Gasteiger partial charge in [-0.15, -0.1) is 0 Å². The molecule has 18 heavy (non-hydrogen) atoms. The molecule has 2 rings (SSSR count). The summed E-state index contributed by atoms with van der Waals surface area (Å²) in [6.45, 7) is 5.15. The first-order chi connectivity index (χ1) is 8.45. The average Bonchev–Trinajstić information content (AvgIpc) is 2.76. The summed E-state index contributed by atoms with van der Waals surface area (Å²) in [5, 5.41) is 0. The lowest BCUT2D eigenvalue weighted by molar-refractivity contribution is 0.397. The molecule has 4 nitrogen and oxygen atoms in total. The number of nitrogens with zero attached hydrogens (tertiary/aromatic N) is 1. The van der Waals surface area contributed by atoms with Crippen molar-refractivity contribution in [2.45, 2.75) is 25.2 Å². The summed E-state index contributed by atoms with van der Waals surface area (Å²) in [5.74, 6) is 0.843. The van der Waals surface area contributed by atoms with Gasteiger partial charge in [-0.25, -0.2) is 8.42 Å². The minimum atomic E-state index is -3.43. The zero-order valence-corrected chi connectivity index (χ0v) is 11.8.